The van der Waals surface area contributed by atoms with Gasteiger partial charge in [0.05, 0.1) is 18.8 Å². The predicted octanol–water partition coefficient (Wildman–Crippen LogP) is 0.593. The van der Waals surface area contributed by atoms with Gasteiger partial charge in [-0.15, -0.1) is 0 Å². The van der Waals surface area contributed by atoms with Crippen LogP contribution in [0.5, 0.6) is 0 Å². The normalized spacial score (nSPS) is 51.4. The summed E-state index contributed by atoms with van der Waals surface area (Å²) in [5.41, 5.74) is -0.409. The summed E-state index contributed by atoms with van der Waals surface area (Å²) in [4.78, 5) is 0. The van der Waals surface area contributed by atoms with Crippen LogP contribution in [0.25, 0.3) is 0 Å². The third-order valence-corrected chi connectivity index (χ3v) is 3.32. The number of methoxy groups -OCH3 is 2. The number of hydrogen-bond donors (Lipinski definition) is 0. The van der Waals surface area contributed by atoms with Crippen LogP contribution in [0.1, 0.15) is 13.8 Å². The minimum Gasteiger partial charge on any atom is -0.381 e. The molecule has 4 heteroatoms. The third kappa shape index (κ3) is 1.15. The van der Waals surface area contributed by atoms with E-state index in [0.717, 1.165) is 0 Å². The molecule has 0 aromatic carbocycles. The highest BCUT2D eigenvalue weighted by atomic mass is 16.7. The largest absolute Gasteiger partial charge is 0.381 e. The lowest BCUT2D eigenvalue weighted by molar-refractivity contribution is -0.194. The Kier molecular flexibility index (Phi) is 2.55. The van der Waals surface area contributed by atoms with Crippen molar-refractivity contribution in [3.05, 3.63) is 0 Å². The number of ether oxygens (including phenoxy) is 4. The van der Waals surface area contributed by atoms with E-state index in [4.69, 9.17) is 18.9 Å². The van der Waals surface area contributed by atoms with Crippen LogP contribution in [-0.4, -0.2) is 50.8 Å². The van der Waals surface area contributed by atoms with E-state index in [2.05, 4.69) is 0 Å². The van der Waals surface area contributed by atoms with Gasteiger partial charge in [-0.05, 0) is 13.8 Å². The van der Waals surface area contributed by atoms with Crippen LogP contribution < -0.4 is 0 Å². The second-order valence-electron chi connectivity index (χ2n) is 4.11. The smallest absolute Gasteiger partial charge is 0.146 e. The zero-order valence-electron chi connectivity index (χ0n) is 9.15. The van der Waals surface area contributed by atoms with Gasteiger partial charge in [0.2, 0.25) is 0 Å². The Hall–Kier alpha value is -0.160. The number of fused-ring (bicyclic) bond motifs is 2. The molecule has 0 spiro atoms. The Bertz CT molecular complexity index is 220. The van der Waals surface area contributed by atoms with Crippen molar-refractivity contribution in [3.8, 4) is 0 Å². The molecule has 0 radical (unpaired) electrons. The molecule has 5 atom stereocenters. The Balaban J connectivity index is 2.25. The third-order valence-electron chi connectivity index (χ3n) is 3.32. The van der Waals surface area contributed by atoms with Crippen molar-refractivity contribution in [3.63, 3.8) is 0 Å². The van der Waals surface area contributed by atoms with Crippen LogP contribution in [0.15, 0.2) is 0 Å². The first-order valence-electron chi connectivity index (χ1n) is 5.00. The molecular formula is C10H18O4. The fourth-order valence-corrected chi connectivity index (χ4v) is 2.66. The molecule has 0 saturated carbocycles. The van der Waals surface area contributed by atoms with Gasteiger partial charge >= 0.3 is 0 Å². The van der Waals surface area contributed by atoms with Crippen molar-refractivity contribution in [2.24, 2.45) is 0 Å². The summed E-state index contributed by atoms with van der Waals surface area (Å²) in [5, 5.41) is 0. The van der Waals surface area contributed by atoms with Crippen LogP contribution in [-0.2, 0) is 18.9 Å². The Morgan fingerprint density at radius 2 is 2.00 bits per heavy atom. The van der Waals surface area contributed by atoms with Crippen LogP contribution in [0.2, 0.25) is 0 Å². The molecule has 4 unspecified atom stereocenters. The van der Waals surface area contributed by atoms with E-state index in [-0.39, 0.29) is 24.4 Å². The second-order valence-corrected chi connectivity index (χ2v) is 4.11. The van der Waals surface area contributed by atoms with E-state index in [9.17, 15) is 0 Å². The molecule has 2 fully saturated rings. The molecule has 2 heterocycles. The molecule has 0 aromatic rings. The highest BCUT2D eigenvalue weighted by Crippen LogP contribution is 2.45. The predicted molar refractivity (Wildman–Crippen MR) is 50.3 cm³/mol. The molecule has 0 aliphatic carbocycles. The molecule has 4 nitrogen and oxygen atoms in total. The molecule has 14 heavy (non-hydrogen) atoms. The maximum Gasteiger partial charge on any atom is 0.146 e. The van der Waals surface area contributed by atoms with E-state index in [1.165, 1.54) is 0 Å². The van der Waals surface area contributed by atoms with Gasteiger partial charge in [0.1, 0.15) is 17.8 Å². The number of rotatable bonds is 3. The van der Waals surface area contributed by atoms with E-state index in [1.807, 2.05) is 13.8 Å². The molecule has 2 aliphatic heterocycles. The quantitative estimate of drug-likeness (QED) is 0.671. The van der Waals surface area contributed by atoms with Crippen LogP contribution in [0.4, 0.5) is 0 Å². The van der Waals surface area contributed by atoms with Crippen molar-refractivity contribution in [2.45, 2.75) is 43.9 Å². The van der Waals surface area contributed by atoms with Gasteiger partial charge < -0.3 is 18.9 Å². The zero-order valence-corrected chi connectivity index (χ0v) is 9.15. The Morgan fingerprint density at radius 3 is 2.57 bits per heavy atom. The van der Waals surface area contributed by atoms with Crippen molar-refractivity contribution in [1.82, 2.24) is 0 Å². The molecule has 2 rings (SSSR count). The van der Waals surface area contributed by atoms with Gasteiger partial charge in [0, 0.05) is 14.2 Å². The van der Waals surface area contributed by atoms with E-state index >= 15 is 0 Å². The Morgan fingerprint density at radius 1 is 1.29 bits per heavy atom. The number of hydrogen-bond acceptors (Lipinski definition) is 4. The molecule has 82 valence electrons. The lowest BCUT2D eigenvalue weighted by Crippen LogP contribution is -2.50. The Labute approximate surface area is 84.5 Å². The van der Waals surface area contributed by atoms with Crippen molar-refractivity contribution < 1.29 is 18.9 Å². The first kappa shape index (κ1) is 10.4. The average molecular weight is 202 g/mol. The molecule has 0 N–H and O–H groups in total. The zero-order chi connectivity index (χ0) is 10.3. The van der Waals surface area contributed by atoms with E-state index < -0.39 is 5.60 Å². The van der Waals surface area contributed by atoms with Gasteiger partial charge in [-0.25, -0.2) is 0 Å². The van der Waals surface area contributed by atoms with Gasteiger partial charge in [-0.3, -0.25) is 0 Å². The summed E-state index contributed by atoms with van der Waals surface area (Å²) in [6, 6.07) is 0. The van der Waals surface area contributed by atoms with Gasteiger partial charge in [0.15, 0.2) is 0 Å². The molecule has 2 saturated heterocycles. The van der Waals surface area contributed by atoms with Crippen LogP contribution in [0, 0.1) is 0 Å². The highest BCUT2D eigenvalue weighted by molar-refractivity contribution is 5.11. The van der Waals surface area contributed by atoms with E-state index in [1.54, 1.807) is 14.2 Å². The molecule has 0 amide bonds. The fourth-order valence-electron chi connectivity index (χ4n) is 2.66. The summed E-state index contributed by atoms with van der Waals surface area (Å²) >= 11 is 0. The maximum atomic E-state index is 5.93. The van der Waals surface area contributed by atoms with Gasteiger partial charge in [0.25, 0.3) is 0 Å². The summed E-state index contributed by atoms with van der Waals surface area (Å²) in [6.45, 7) is 4.55. The molecule has 0 aromatic heterocycles. The molecule has 2 aliphatic rings. The average Bonchev–Trinajstić information content (AvgIpc) is 2.54. The van der Waals surface area contributed by atoms with Crippen LogP contribution in [0.3, 0.4) is 0 Å². The van der Waals surface area contributed by atoms with Crippen molar-refractivity contribution in [1.29, 1.82) is 0 Å². The first-order chi connectivity index (χ1) is 6.65. The van der Waals surface area contributed by atoms with Crippen molar-refractivity contribution in [2.75, 3.05) is 20.8 Å². The monoisotopic (exact) mass is 202 g/mol. The SMILES string of the molecule is COCC12OC(C)C(OC1C)[C@H]2OC. The van der Waals surface area contributed by atoms with Gasteiger partial charge in [-0.1, -0.05) is 0 Å². The molecular weight excluding hydrogens is 184 g/mol. The minimum atomic E-state index is -0.409. The first-order valence-corrected chi connectivity index (χ1v) is 5.00. The lowest BCUT2D eigenvalue weighted by atomic mass is 9.94. The highest BCUT2D eigenvalue weighted by Gasteiger charge is 2.64. The maximum absolute atomic E-state index is 5.93. The summed E-state index contributed by atoms with van der Waals surface area (Å²) in [7, 11) is 3.37. The standard InChI is InChI=1S/C10H18O4/c1-6-8-9(12-4)10(14-6,5-11-3)7(2)13-8/h6-9H,5H2,1-4H3/t6?,7?,8?,9-,10?/m1/s1. The summed E-state index contributed by atoms with van der Waals surface area (Å²) in [5.74, 6) is 0. The van der Waals surface area contributed by atoms with Crippen molar-refractivity contribution >= 4 is 0 Å². The fraction of sp³-hybridized carbons (Fsp3) is 1.00. The minimum absolute atomic E-state index is 0.00699. The topological polar surface area (TPSA) is 36.9 Å². The van der Waals surface area contributed by atoms with Gasteiger partial charge in [-0.2, -0.15) is 0 Å². The van der Waals surface area contributed by atoms with Crippen LogP contribution >= 0.6 is 0 Å². The molecule has 2 bridgehead atoms. The summed E-state index contributed by atoms with van der Waals surface area (Å²) < 4.78 is 22.4. The summed E-state index contributed by atoms with van der Waals surface area (Å²) in [6.07, 6.45) is 0.164. The van der Waals surface area contributed by atoms with E-state index in [0.29, 0.717) is 6.61 Å². The second kappa shape index (κ2) is 3.45. The lowest BCUT2D eigenvalue weighted by Gasteiger charge is -2.34.